The van der Waals surface area contributed by atoms with Gasteiger partial charge in [-0.15, -0.1) is 0 Å². The number of pyridine rings is 1. The molecular weight excluding hydrogens is 371 g/mol. The third kappa shape index (κ3) is 3.00. The molecule has 0 atom stereocenters. The van der Waals surface area contributed by atoms with Gasteiger partial charge in [-0.05, 0) is 48.3 Å². The van der Waals surface area contributed by atoms with Gasteiger partial charge in [0.25, 0.3) is 0 Å². The maximum atomic E-state index is 14.6. The summed E-state index contributed by atoms with van der Waals surface area (Å²) in [7, 11) is 0. The third-order valence-corrected chi connectivity index (χ3v) is 5.32. The monoisotopic (exact) mass is 382 g/mol. The highest BCUT2D eigenvalue weighted by Crippen LogP contribution is 2.37. The minimum Gasteiger partial charge on any atom is -0.298 e. The number of hydrogen-bond donors (Lipinski definition) is 0. The topological polar surface area (TPSA) is 34.9 Å². The summed E-state index contributed by atoms with van der Waals surface area (Å²) in [6, 6.07) is 17.7. The van der Waals surface area contributed by atoms with Crippen molar-refractivity contribution in [2.45, 2.75) is 4.90 Å². The minimum atomic E-state index is -0.469. The highest BCUT2D eigenvalue weighted by Gasteiger charge is 2.18. The first-order valence-corrected chi connectivity index (χ1v) is 8.97. The van der Waals surface area contributed by atoms with Gasteiger partial charge >= 0.3 is 0 Å². The molecule has 3 nitrogen and oxygen atoms in total. The van der Waals surface area contributed by atoms with Crippen LogP contribution in [0.15, 0.2) is 71.8 Å². The molecule has 26 heavy (non-hydrogen) atoms. The fourth-order valence-corrected chi connectivity index (χ4v) is 3.89. The summed E-state index contributed by atoms with van der Waals surface area (Å²) in [4.78, 5) is 16.3. The van der Waals surface area contributed by atoms with Crippen LogP contribution in [0.2, 0.25) is 5.02 Å². The number of benzene rings is 2. The smallest absolute Gasteiger partial charge is 0.152 e. The number of rotatable bonds is 4. The molecule has 0 saturated carbocycles. The van der Waals surface area contributed by atoms with E-state index in [2.05, 4.69) is 4.98 Å². The van der Waals surface area contributed by atoms with Crippen LogP contribution in [0.25, 0.3) is 22.3 Å². The van der Waals surface area contributed by atoms with Gasteiger partial charge in [0.05, 0.1) is 10.7 Å². The summed E-state index contributed by atoms with van der Waals surface area (Å²) in [5, 5.41) is 1.29. The first-order chi connectivity index (χ1) is 12.7. The molecule has 2 heterocycles. The summed E-state index contributed by atoms with van der Waals surface area (Å²) in [5.74, 6) is -0.469. The zero-order valence-corrected chi connectivity index (χ0v) is 15.0. The zero-order valence-electron chi connectivity index (χ0n) is 13.4. The van der Waals surface area contributed by atoms with Crippen molar-refractivity contribution in [3.63, 3.8) is 0 Å². The lowest BCUT2D eigenvalue weighted by Crippen LogP contribution is -1.95. The SMILES string of the molecule is O=Cc1ccc(-c2cc3c(Cl)ccnc3n2Sc2ccccc2)c(F)c1. The number of carbonyl (C=O) groups is 1. The van der Waals surface area contributed by atoms with E-state index >= 15 is 0 Å². The molecule has 0 bridgehead atoms. The quantitative estimate of drug-likeness (QED) is 0.414. The van der Waals surface area contributed by atoms with Crippen molar-refractivity contribution in [1.82, 2.24) is 8.96 Å². The number of aromatic nitrogens is 2. The molecule has 0 saturated heterocycles. The van der Waals surface area contributed by atoms with Crippen molar-refractivity contribution in [2.75, 3.05) is 0 Å². The summed E-state index contributed by atoms with van der Waals surface area (Å²) in [6.07, 6.45) is 2.25. The predicted octanol–water partition coefficient (Wildman–Crippen LogP) is 5.86. The van der Waals surface area contributed by atoms with E-state index in [-0.39, 0.29) is 0 Å². The average Bonchev–Trinajstić information content (AvgIpc) is 3.02. The third-order valence-electron chi connectivity index (χ3n) is 3.95. The molecule has 2 aromatic carbocycles. The van der Waals surface area contributed by atoms with E-state index in [0.29, 0.717) is 33.8 Å². The Kier molecular flexibility index (Phi) is 4.49. The summed E-state index contributed by atoms with van der Waals surface area (Å²) in [5.41, 5.74) is 1.96. The Morgan fingerprint density at radius 1 is 1.08 bits per heavy atom. The molecule has 0 aliphatic carbocycles. The van der Waals surface area contributed by atoms with Gasteiger partial charge in [-0.25, -0.2) is 9.37 Å². The second kappa shape index (κ2) is 6.94. The van der Waals surface area contributed by atoms with Crippen molar-refractivity contribution >= 4 is 40.9 Å². The van der Waals surface area contributed by atoms with Crippen LogP contribution in [0.1, 0.15) is 10.4 Å². The molecule has 128 valence electrons. The largest absolute Gasteiger partial charge is 0.298 e. The number of aldehydes is 1. The summed E-state index contributed by atoms with van der Waals surface area (Å²) < 4.78 is 16.5. The molecule has 0 amide bonds. The molecule has 4 aromatic rings. The minimum absolute atomic E-state index is 0.292. The van der Waals surface area contributed by atoms with Gasteiger partial charge in [-0.3, -0.25) is 8.77 Å². The molecule has 6 heteroatoms. The maximum Gasteiger partial charge on any atom is 0.152 e. The van der Waals surface area contributed by atoms with Crippen LogP contribution in [0.4, 0.5) is 4.39 Å². The number of halogens is 2. The van der Waals surface area contributed by atoms with Crippen molar-refractivity contribution in [1.29, 1.82) is 0 Å². The van der Waals surface area contributed by atoms with Crippen LogP contribution < -0.4 is 0 Å². The molecule has 0 unspecified atom stereocenters. The normalized spacial score (nSPS) is 11.0. The van der Waals surface area contributed by atoms with Gasteiger partial charge < -0.3 is 0 Å². The van der Waals surface area contributed by atoms with E-state index in [1.54, 1.807) is 24.4 Å². The first-order valence-electron chi connectivity index (χ1n) is 7.82. The highest BCUT2D eigenvalue weighted by atomic mass is 35.5. The van der Waals surface area contributed by atoms with Gasteiger partial charge in [0, 0.05) is 27.6 Å². The lowest BCUT2D eigenvalue weighted by atomic mass is 10.1. The van der Waals surface area contributed by atoms with E-state index in [1.165, 1.54) is 18.0 Å². The molecule has 0 fully saturated rings. The number of nitrogens with zero attached hydrogens (tertiary/aromatic N) is 2. The first kappa shape index (κ1) is 16.8. The van der Waals surface area contributed by atoms with E-state index in [4.69, 9.17) is 11.6 Å². The molecule has 0 N–H and O–H groups in total. The molecular formula is C20H12ClFN2OS. The fourth-order valence-electron chi connectivity index (χ4n) is 2.72. The van der Waals surface area contributed by atoms with Crippen molar-refractivity contribution in [3.8, 4) is 11.3 Å². The maximum absolute atomic E-state index is 14.6. The van der Waals surface area contributed by atoms with E-state index in [1.807, 2.05) is 40.4 Å². The van der Waals surface area contributed by atoms with E-state index < -0.39 is 5.82 Å². The van der Waals surface area contributed by atoms with Crippen LogP contribution in [-0.4, -0.2) is 15.2 Å². The zero-order chi connectivity index (χ0) is 18.1. The molecule has 0 aliphatic heterocycles. The van der Waals surface area contributed by atoms with Crippen LogP contribution in [0.3, 0.4) is 0 Å². The fraction of sp³-hybridized carbons (Fsp3) is 0. The molecule has 2 aromatic heterocycles. The molecule has 0 aliphatic rings. The standard InChI is InChI=1S/C20H12ClFN2OS/c21-17-8-9-23-20-16(17)11-19(15-7-6-13(12-25)10-18(15)22)24(20)26-14-4-2-1-3-5-14/h1-12H. The van der Waals surface area contributed by atoms with Gasteiger partial charge in [-0.2, -0.15) is 0 Å². The Balaban J connectivity index is 1.95. The predicted molar refractivity (Wildman–Crippen MR) is 103 cm³/mol. The van der Waals surface area contributed by atoms with Crippen LogP contribution in [0.5, 0.6) is 0 Å². The Labute approximate surface area is 158 Å². The van der Waals surface area contributed by atoms with Gasteiger partial charge in [0.1, 0.15) is 12.1 Å². The second-order valence-corrected chi connectivity index (χ2v) is 7.04. The number of carbonyl (C=O) groups excluding carboxylic acids is 1. The Bertz CT molecular complexity index is 1110. The van der Waals surface area contributed by atoms with Gasteiger partial charge in [-0.1, -0.05) is 35.9 Å². The van der Waals surface area contributed by atoms with E-state index in [0.717, 1.165) is 10.3 Å². The van der Waals surface area contributed by atoms with Crippen molar-refractivity contribution in [2.24, 2.45) is 0 Å². The lowest BCUT2D eigenvalue weighted by Gasteiger charge is -2.10. The molecule has 0 radical (unpaired) electrons. The Morgan fingerprint density at radius 3 is 2.62 bits per heavy atom. The van der Waals surface area contributed by atoms with Crippen LogP contribution >= 0.6 is 23.5 Å². The van der Waals surface area contributed by atoms with Gasteiger partial charge in [0.15, 0.2) is 5.65 Å². The van der Waals surface area contributed by atoms with Crippen LogP contribution in [0, 0.1) is 5.82 Å². The Morgan fingerprint density at radius 2 is 1.88 bits per heavy atom. The molecule has 0 spiro atoms. The average molecular weight is 383 g/mol. The van der Waals surface area contributed by atoms with Crippen LogP contribution in [-0.2, 0) is 0 Å². The Hall–Kier alpha value is -2.63. The summed E-state index contributed by atoms with van der Waals surface area (Å²) >= 11 is 7.75. The van der Waals surface area contributed by atoms with Gasteiger partial charge in [0.2, 0.25) is 0 Å². The summed E-state index contributed by atoms with van der Waals surface area (Å²) in [6.45, 7) is 0. The second-order valence-electron chi connectivity index (χ2n) is 5.62. The highest BCUT2D eigenvalue weighted by molar-refractivity contribution is 7.98. The lowest BCUT2D eigenvalue weighted by molar-refractivity contribution is 0.112. The van der Waals surface area contributed by atoms with Crippen molar-refractivity contribution < 1.29 is 9.18 Å². The number of hydrogen-bond acceptors (Lipinski definition) is 3. The van der Waals surface area contributed by atoms with Crippen molar-refractivity contribution in [3.05, 3.63) is 83.3 Å². The number of fused-ring (bicyclic) bond motifs is 1. The van der Waals surface area contributed by atoms with E-state index in [9.17, 15) is 9.18 Å². The molecule has 4 rings (SSSR count).